The van der Waals surface area contributed by atoms with E-state index in [9.17, 15) is 14.4 Å². The predicted octanol–water partition coefficient (Wildman–Crippen LogP) is 5.46. The summed E-state index contributed by atoms with van der Waals surface area (Å²) in [5.74, 6) is 0.387. The van der Waals surface area contributed by atoms with Gasteiger partial charge in [0.15, 0.2) is 0 Å². The van der Waals surface area contributed by atoms with Gasteiger partial charge in [0.25, 0.3) is 11.1 Å². The molecule has 0 unspecified atom stereocenters. The molecule has 0 radical (unpaired) electrons. The van der Waals surface area contributed by atoms with E-state index in [1.54, 1.807) is 18.2 Å². The van der Waals surface area contributed by atoms with Gasteiger partial charge in [0.1, 0.15) is 18.0 Å². The quantitative estimate of drug-likeness (QED) is 0.511. The molecule has 6 nitrogen and oxygen atoms in total. The first kappa shape index (κ1) is 21.4. The average molecular weight is 445 g/mol. The number of carbonyl (C=O) groups is 3. The number of nitrogens with zero attached hydrogens (tertiary/aromatic N) is 1. The lowest BCUT2D eigenvalue weighted by molar-refractivity contribution is -0.127. The van der Waals surface area contributed by atoms with E-state index < -0.39 is 17.1 Å². The normalized spacial score (nSPS) is 14.7. The van der Waals surface area contributed by atoms with Crippen molar-refractivity contribution >= 4 is 40.6 Å². The zero-order chi connectivity index (χ0) is 22.5. The zero-order valence-corrected chi connectivity index (χ0v) is 18.1. The fraction of sp³-hybridized carbons (Fsp3) is 0.0800. The summed E-state index contributed by atoms with van der Waals surface area (Å²) >= 11 is 0.815. The van der Waals surface area contributed by atoms with E-state index in [-0.39, 0.29) is 11.4 Å². The number of ether oxygens (including phenoxy) is 1. The van der Waals surface area contributed by atoms with Gasteiger partial charge in [-0.1, -0.05) is 42.5 Å². The molecule has 1 fully saturated rings. The Bertz CT molecular complexity index is 1210. The summed E-state index contributed by atoms with van der Waals surface area (Å²) in [5.41, 5.74) is 2.33. The van der Waals surface area contributed by atoms with Crippen molar-refractivity contribution in [3.63, 3.8) is 0 Å². The van der Waals surface area contributed by atoms with Crippen LogP contribution in [-0.4, -0.2) is 28.5 Å². The number of carbonyl (C=O) groups excluding carboxylic acids is 3. The van der Waals surface area contributed by atoms with Crippen LogP contribution in [0.15, 0.2) is 83.8 Å². The van der Waals surface area contributed by atoms with E-state index in [1.165, 1.54) is 0 Å². The maximum atomic E-state index is 12.7. The van der Waals surface area contributed by atoms with Crippen molar-refractivity contribution in [2.75, 3.05) is 11.9 Å². The molecular formula is C25H20N2O4S. The first-order valence-electron chi connectivity index (χ1n) is 9.93. The molecule has 0 spiro atoms. The minimum absolute atomic E-state index is 0.259. The third kappa shape index (κ3) is 5.25. The largest absolute Gasteiger partial charge is 0.457 e. The van der Waals surface area contributed by atoms with Crippen molar-refractivity contribution in [3.05, 3.63) is 94.9 Å². The number of hydrogen-bond donors (Lipinski definition) is 1. The van der Waals surface area contributed by atoms with Crippen LogP contribution in [0.5, 0.6) is 11.5 Å². The molecule has 0 aliphatic carbocycles. The number of hydrogen-bond acceptors (Lipinski definition) is 5. The average Bonchev–Trinajstić information content (AvgIpc) is 3.02. The van der Waals surface area contributed by atoms with Crippen molar-refractivity contribution in [1.29, 1.82) is 0 Å². The summed E-state index contributed by atoms with van der Waals surface area (Å²) in [6.07, 6.45) is 1.63. The lowest BCUT2D eigenvalue weighted by Crippen LogP contribution is -2.36. The summed E-state index contributed by atoms with van der Waals surface area (Å²) in [6.45, 7) is 1.57. The van der Waals surface area contributed by atoms with Gasteiger partial charge in [-0.3, -0.25) is 19.3 Å². The minimum Gasteiger partial charge on any atom is -0.457 e. The van der Waals surface area contributed by atoms with Gasteiger partial charge in [-0.2, -0.15) is 0 Å². The first-order chi connectivity index (χ1) is 15.5. The maximum absolute atomic E-state index is 12.7. The van der Waals surface area contributed by atoms with E-state index in [0.29, 0.717) is 22.7 Å². The lowest BCUT2D eigenvalue weighted by atomic mass is 10.2. The molecule has 0 aromatic heterocycles. The molecule has 1 aliphatic rings. The third-order valence-corrected chi connectivity index (χ3v) is 5.52. The second-order valence-electron chi connectivity index (χ2n) is 7.17. The van der Waals surface area contributed by atoms with Gasteiger partial charge < -0.3 is 10.1 Å². The predicted molar refractivity (Wildman–Crippen MR) is 125 cm³/mol. The van der Waals surface area contributed by atoms with Crippen LogP contribution in [0, 0.1) is 6.92 Å². The zero-order valence-electron chi connectivity index (χ0n) is 17.3. The number of anilines is 1. The summed E-state index contributed by atoms with van der Waals surface area (Å²) < 4.78 is 5.82. The van der Waals surface area contributed by atoms with E-state index in [2.05, 4.69) is 5.32 Å². The number of para-hydroxylation sites is 1. The highest BCUT2D eigenvalue weighted by atomic mass is 32.2. The molecule has 160 valence electrons. The van der Waals surface area contributed by atoms with Gasteiger partial charge >= 0.3 is 0 Å². The Balaban J connectivity index is 1.44. The number of imide groups is 1. The Morgan fingerprint density at radius 2 is 1.72 bits per heavy atom. The molecule has 0 atom stereocenters. The smallest absolute Gasteiger partial charge is 0.294 e. The number of nitrogens with one attached hydrogen (secondary N) is 1. The third-order valence-electron chi connectivity index (χ3n) is 4.61. The van der Waals surface area contributed by atoms with Gasteiger partial charge in [0, 0.05) is 5.69 Å². The van der Waals surface area contributed by atoms with Crippen molar-refractivity contribution in [2.45, 2.75) is 6.92 Å². The lowest BCUT2D eigenvalue weighted by Gasteiger charge is -2.12. The monoisotopic (exact) mass is 444 g/mol. The van der Waals surface area contributed by atoms with Gasteiger partial charge in [0.2, 0.25) is 5.91 Å². The summed E-state index contributed by atoms with van der Waals surface area (Å²) in [6, 6.07) is 23.9. The highest BCUT2D eigenvalue weighted by Crippen LogP contribution is 2.33. The van der Waals surface area contributed by atoms with E-state index in [0.717, 1.165) is 22.2 Å². The molecule has 1 heterocycles. The molecule has 32 heavy (non-hydrogen) atoms. The highest BCUT2D eigenvalue weighted by molar-refractivity contribution is 8.18. The Labute approximate surface area is 189 Å². The summed E-state index contributed by atoms with van der Waals surface area (Å²) in [4.78, 5) is 38.7. The van der Waals surface area contributed by atoms with Gasteiger partial charge in [-0.25, -0.2) is 0 Å². The molecule has 3 aromatic carbocycles. The van der Waals surface area contributed by atoms with Crippen LogP contribution < -0.4 is 10.1 Å². The second-order valence-corrected chi connectivity index (χ2v) is 8.17. The van der Waals surface area contributed by atoms with Crippen LogP contribution >= 0.6 is 11.8 Å². The fourth-order valence-corrected chi connectivity index (χ4v) is 3.99. The van der Waals surface area contributed by atoms with Gasteiger partial charge in [0.05, 0.1) is 4.91 Å². The molecule has 1 saturated heterocycles. The highest BCUT2D eigenvalue weighted by Gasteiger charge is 2.36. The molecule has 3 aromatic rings. The Morgan fingerprint density at radius 3 is 2.50 bits per heavy atom. The van der Waals surface area contributed by atoms with E-state index in [1.807, 2.05) is 73.7 Å². The van der Waals surface area contributed by atoms with Gasteiger partial charge in [-0.15, -0.1) is 0 Å². The van der Waals surface area contributed by atoms with Crippen LogP contribution in [0.3, 0.4) is 0 Å². The van der Waals surface area contributed by atoms with Gasteiger partial charge in [-0.05, 0) is 72.3 Å². The number of amides is 3. The number of benzene rings is 3. The van der Waals surface area contributed by atoms with Crippen LogP contribution in [0.1, 0.15) is 11.1 Å². The van der Waals surface area contributed by atoms with Crippen LogP contribution in [0.25, 0.3) is 6.08 Å². The van der Waals surface area contributed by atoms with Crippen LogP contribution in [0.4, 0.5) is 10.5 Å². The van der Waals surface area contributed by atoms with Crippen LogP contribution in [-0.2, 0) is 9.59 Å². The number of thioether (sulfide) groups is 1. The number of aryl methyl sites for hydroxylation is 1. The number of rotatable bonds is 6. The topological polar surface area (TPSA) is 75.7 Å². The van der Waals surface area contributed by atoms with E-state index in [4.69, 9.17) is 4.74 Å². The van der Waals surface area contributed by atoms with Crippen molar-refractivity contribution < 1.29 is 19.1 Å². The Kier molecular flexibility index (Phi) is 6.37. The molecule has 4 rings (SSSR count). The minimum atomic E-state index is -0.492. The van der Waals surface area contributed by atoms with E-state index >= 15 is 0 Å². The Hall–Kier alpha value is -3.84. The molecule has 3 amide bonds. The first-order valence-corrected chi connectivity index (χ1v) is 10.7. The molecule has 1 aliphatic heterocycles. The SMILES string of the molecule is Cc1cccc(NC(=O)CN2C(=O)S/C(=C\c3cccc(Oc4ccccc4)c3)C2=O)c1. The molecule has 1 N–H and O–H groups in total. The Morgan fingerprint density at radius 1 is 0.969 bits per heavy atom. The fourth-order valence-electron chi connectivity index (χ4n) is 3.15. The second kappa shape index (κ2) is 9.53. The summed E-state index contributed by atoms with van der Waals surface area (Å²) in [7, 11) is 0. The van der Waals surface area contributed by atoms with Crippen molar-refractivity contribution in [2.24, 2.45) is 0 Å². The molecular weight excluding hydrogens is 424 g/mol. The van der Waals surface area contributed by atoms with Crippen molar-refractivity contribution in [1.82, 2.24) is 4.90 Å². The van der Waals surface area contributed by atoms with Crippen LogP contribution in [0.2, 0.25) is 0 Å². The molecule has 0 saturated carbocycles. The molecule has 7 heteroatoms. The maximum Gasteiger partial charge on any atom is 0.294 e. The molecule has 0 bridgehead atoms. The van der Waals surface area contributed by atoms with Crippen molar-refractivity contribution in [3.8, 4) is 11.5 Å². The standard InChI is InChI=1S/C25H20N2O4S/c1-17-7-5-9-19(13-17)26-23(28)16-27-24(29)22(32-25(27)30)15-18-8-6-12-21(14-18)31-20-10-3-2-4-11-20/h2-15H,16H2,1H3,(H,26,28)/b22-15-. The summed E-state index contributed by atoms with van der Waals surface area (Å²) in [5, 5.41) is 2.24.